The lowest BCUT2D eigenvalue weighted by molar-refractivity contribution is -0.135. The number of carbonyl (C=O) groups is 1. The molecule has 25 heavy (non-hydrogen) atoms. The number of aromatic nitrogens is 3. The van der Waals surface area contributed by atoms with Gasteiger partial charge in [0.1, 0.15) is 0 Å². The van der Waals surface area contributed by atoms with Crippen LogP contribution < -0.4 is 0 Å². The van der Waals surface area contributed by atoms with Gasteiger partial charge in [-0.15, -0.1) is 11.3 Å². The number of hydrogen-bond acceptors (Lipinski definition) is 4. The Kier molecular flexibility index (Phi) is 4.53. The van der Waals surface area contributed by atoms with Gasteiger partial charge in [0.05, 0.1) is 11.7 Å². The lowest BCUT2D eigenvalue weighted by Crippen LogP contribution is -2.39. The molecule has 3 aromatic rings. The van der Waals surface area contributed by atoms with Gasteiger partial charge in [-0.1, -0.05) is 6.07 Å². The minimum absolute atomic E-state index is 0.0741. The Morgan fingerprint density at radius 3 is 3.16 bits per heavy atom. The van der Waals surface area contributed by atoms with Crippen LogP contribution in [-0.4, -0.2) is 31.7 Å². The molecule has 0 radical (unpaired) electrons. The molecule has 1 atom stereocenters. The van der Waals surface area contributed by atoms with E-state index in [2.05, 4.69) is 29.4 Å². The molecule has 1 fully saturated rings. The molecule has 6 heteroatoms. The highest BCUT2D eigenvalue weighted by molar-refractivity contribution is 7.09. The molecule has 0 aliphatic carbocycles. The summed E-state index contributed by atoms with van der Waals surface area (Å²) in [6, 6.07) is 6.32. The summed E-state index contributed by atoms with van der Waals surface area (Å²) in [4.78, 5) is 25.2. The molecule has 1 aliphatic heterocycles. The molecule has 0 spiro atoms. The number of imidazole rings is 1. The van der Waals surface area contributed by atoms with Crippen molar-refractivity contribution < 1.29 is 4.79 Å². The van der Waals surface area contributed by atoms with E-state index in [9.17, 15) is 4.79 Å². The number of thiophene rings is 1. The van der Waals surface area contributed by atoms with Crippen LogP contribution in [0.2, 0.25) is 0 Å². The largest absolute Gasteiger partial charge is 0.334 e. The van der Waals surface area contributed by atoms with Gasteiger partial charge in [0.15, 0.2) is 0 Å². The number of carbonyl (C=O) groups excluding carboxylic acids is 1. The van der Waals surface area contributed by atoms with Crippen molar-refractivity contribution in [1.29, 1.82) is 0 Å². The zero-order valence-electron chi connectivity index (χ0n) is 14.4. The van der Waals surface area contributed by atoms with Gasteiger partial charge < -0.3 is 4.90 Å². The molecule has 5 nitrogen and oxygen atoms in total. The first-order valence-electron chi connectivity index (χ1n) is 8.85. The van der Waals surface area contributed by atoms with Gasteiger partial charge in [-0.2, -0.15) is 0 Å². The average molecular weight is 354 g/mol. The number of hydrogen-bond donors (Lipinski definition) is 0. The van der Waals surface area contributed by atoms with E-state index in [0.29, 0.717) is 12.2 Å². The molecule has 0 aromatic carbocycles. The predicted octanol–water partition coefficient (Wildman–Crippen LogP) is 3.79. The molecule has 1 unspecified atom stereocenters. The fraction of sp³-hybridized carbons (Fsp3) is 0.421. The van der Waals surface area contributed by atoms with Crippen molar-refractivity contribution in [2.24, 2.45) is 0 Å². The van der Waals surface area contributed by atoms with E-state index in [4.69, 9.17) is 4.98 Å². The molecule has 4 heterocycles. The van der Waals surface area contributed by atoms with Gasteiger partial charge >= 0.3 is 0 Å². The van der Waals surface area contributed by atoms with E-state index in [0.717, 1.165) is 43.6 Å². The Bertz CT molecular complexity index is 871. The number of rotatable bonds is 4. The maximum atomic E-state index is 12.9. The normalized spacial score (nSPS) is 18.0. The molecule has 0 saturated carbocycles. The van der Waals surface area contributed by atoms with Crippen LogP contribution in [0.1, 0.15) is 48.0 Å². The molecular weight excluding hydrogens is 332 g/mol. The van der Waals surface area contributed by atoms with Gasteiger partial charge in [-0.25, -0.2) is 9.97 Å². The van der Waals surface area contributed by atoms with Gasteiger partial charge in [-0.05, 0) is 50.1 Å². The summed E-state index contributed by atoms with van der Waals surface area (Å²) >= 11 is 1.72. The van der Waals surface area contributed by atoms with Crippen LogP contribution in [0.25, 0.3) is 5.78 Å². The quantitative estimate of drug-likeness (QED) is 0.716. The number of aryl methyl sites for hydroxylation is 2. The van der Waals surface area contributed by atoms with E-state index in [1.165, 1.54) is 4.88 Å². The van der Waals surface area contributed by atoms with Crippen molar-refractivity contribution in [3.05, 3.63) is 52.2 Å². The van der Waals surface area contributed by atoms with E-state index in [1.807, 2.05) is 21.6 Å². The molecular formula is C19H22N4OS. The molecule has 1 saturated heterocycles. The number of nitrogens with zero attached hydrogens (tertiary/aromatic N) is 4. The second-order valence-electron chi connectivity index (χ2n) is 6.60. The minimum atomic E-state index is 0.0741. The molecule has 1 amide bonds. The first kappa shape index (κ1) is 16.3. The standard InChI is InChI=1S/C19H22N4OS/c1-14-13-16(21-19-20-9-11-22(14)19)17-6-2-3-10-23(17)18(24)8-7-15-5-4-12-25-15/h4-5,9,11-13,17H,2-3,6-8,10H2,1H3. The summed E-state index contributed by atoms with van der Waals surface area (Å²) < 4.78 is 1.98. The maximum Gasteiger partial charge on any atom is 0.234 e. The zero-order valence-corrected chi connectivity index (χ0v) is 15.2. The van der Waals surface area contributed by atoms with Gasteiger partial charge in [-0.3, -0.25) is 9.20 Å². The highest BCUT2D eigenvalue weighted by atomic mass is 32.1. The van der Waals surface area contributed by atoms with E-state index in [1.54, 1.807) is 17.5 Å². The Morgan fingerprint density at radius 1 is 1.40 bits per heavy atom. The number of fused-ring (bicyclic) bond motifs is 1. The van der Waals surface area contributed by atoms with Crippen molar-refractivity contribution in [3.63, 3.8) is 0 Å². The molecule has 130 valence electrons. The number of likely N-dealkylation sites (tertiary alicyclic amines) is 1. The SMILES string of the molecule is Cc1cc(C2CCCCN2C(=O)CCc2cccs2)nc2nccn12. The molecule has 1 aliphatic rings. The maximum absolute atomic E-state index is 12.9. The lowest BCUT2D eigenvalue weighted by atomic mass is 9.98. The zero-order chi connectivity index (χ0) is 17.2. The first-order valence-corrected chi connectivity index (χ1v) is 9.73. The van der Waals surface area contributed by atoms with E-state index >= 15 is 0 Å². The van der Waals surface area contributed by atoms with Gasteiger partial charge in [0, 0.05) is 35.9 Å². The summed E-state index contributed by atoms with van der Waals surface area (Å²) in [5.74, 6) is 0.951. The van der Waals surface area contributed by atoms with Crippen molar-refractivity contribution in [1.82, 2.24) is 19.3 Å². The number of piperidine rings is 1. The smallest absolute Gasteiger partial charge is 0.234 e. The van der Waals surface area contributed by atoms with E-state index in [-0.39, 0.29) is 11.9 Å². The number of amides is 1. The van der Waals surface area contributed by atoms with Crippen LogP contribution in [0.4, 0.5) is 0 Å². The topological polar surface area (TPSA) is 50.5 Å². The summed E-state index contributed by atoms with van der Waals surface area (Å²) in [7, 11) is 0. The third-order valence-electron chi connectivity index (χ3n) is 4.92. The third kappa shape index (κ3) is 3.31. The Balaban J connectivity index is 1.56. The summed E-state index contributed by atoms with van der Waals surface area (Å²) in [6.45, 7) is 2.89. The summed E-state index contributed by atoms with van der Waals surface area (Å²) in [5, 5.41) is 2.07. The highest BCUT2D eigenvalue weighted by Crippen LogP contribution is 2.31. The second kappa shape index (κ2) is 6.96. The van der Waals surface area contributed by atoms with Crippen molar-refractivity contribution in [2.45, 2.75) is 45.1 Å². The van der Waals surface area contributed by atoms with Crippen LogP contribution >= 0.6 is 11.3 Å². The molecule has 4 rings (SSSR count). The summed E-state index contributed by atoms with van der Waals surface area (Å²) in [6.07, 6.45) is 8.28. The van der Waals surface area contributed by atoms with E-state index < -0.39 is 0 Å². The molecule has 0 bridgehead atoms. The van der Waals surface area contributed by atoms with Crippen molar-refractivity contribution in [3.8, 4) is 0 Å². The Morgan fingerprint density at radius 2 is 2.32 bits per heavy atom. The van der Waals surface area contributed by atoms with Crippen LogP contribution in [0.15, 0.2) is 36.0 Å². The molecule has 3 aromatic heterocycles. The van der Waals surface area contributed by atoms with Crippen LogP contribution in [0.3, 0.4) is 0 Å². The Labute approximate surface area is 151 Å². The predicted molar refractivity (Wildman–Crippen MR) is 98.7 cm³/mol. The summed E-state index contributed by atoms with van der Waals surface area (Å²) in [5.41, 5.74) is 2.08. The van der Waals surface area contributed by atoms with Crippen LogP contribution in [-0.2, 0) is 11.2 Å². The molecule has 0 N–H and O–H groups in total. The van der Waals surface area contributed by atoms with Gasteiger partial charge in [0.25, 0.3) is 0 Å². The fourth-order valence-corrected chi connectivity index (χ4v) is 4.33. The monoisotopic (exact) mass is 354 g/mol. The minimum Gasteiger partial charge on any atom is -0.334 e. The fourth-order valence-electron chi connectivity index (χ4n) is 3.62. The lowest BCUT2D eigenvalue weighted by Gasteiger charge is -2.35. The highest BCUT2D eigenvalue weighted by Gasteiger charge is 2.29. The van der Waals surface area contributed by atoms with Gasteiger partial charge in [0.2, 0.25) is 11.7 Å². The van der Waals surface area contributed by atoms with Crippen molar-refractivity contribution >= 4 is 23.0 Å². The average Bonchev–Trinajstić information content (AvgIpc) is 3.31. The third-order valence-corrected chi connectivity index (χ3v) is 5.85. The van der Waals surface area contributed by atoms with Crippen LogP contribution in [0.5, 0.6) is 0 Å². The van der Waals surface area contributed by atoms with Crippen LogP contribution in [0, 0.1) is 6.92 Å². The second-order valence-corrected chi connectivity index (χ2v) is 7.63. The Hall–Kier alpha value is -2.21. The first-order chi connectivity index (χ1) is 12.2. The van der Waals surface area contributed by atoms with Crippen molar-refractivity contribution in [2.75, 3.05) is 6.54 Å².